The molecule has 8 heteroatoms. The number of fused-ring (bicyclic) bond motifs is 3. The summed E-state index contributed by atoms with van der Waals surface area (Å²) in [6.07, 6.45) is 0.806. The predicted octanol–water partition coefficient (Wildman–Crippen LogP) is 2.71. The minimum atomic E-state index is -0.689. The zero-order chi connectivity index (χ0) is 20.1. The standard InChI is InChI=1S/C21H17BrN4O3/c22-11-5-7-12(8-6-11)26-20(28)16(19(27)25-21(26)29)18-17-14(9-10-23-18)13-3-1-2-4-15(13)24-17/h1-8,18,23-24,28H,9-10H2,(H,25,27,29)/t18-/m1/s1. The molecular formula is C21H17BrN4O3. The lowest BCUT2D eigenvalue weighted by Crippen LogP contribution is -2.38. The lowest BCUT2D eigenvalue weighted by Gasteiger charge is -2.25. The molecule has 3 heterocycles. The normalized spacial score (nSPS) is 16.1. The highest BCUT2D eigenvalue weighted by Gasteiger charge is 2.31. The van der Waals surface area contributed by atoms with E-state index in [1.54, 1.807) is 24.3 Å². The molecule has 0 saturated heterocycles. The fraction of sp³-hybridized carbons (Fsp3) is 0.143. The summed E-state index contributed by atoms with van der Waals surface area (Å²) in [7, 11) is 0. The molecule has 1 atom stereocenters. The molecule has 4 N–H and O–H groups in total. The van der Waals surface area contributed by atoms with E-state index in [1.807, 2.05) is 24.3 Å². The second-order valence-corrected chi connectivity index (χ2v) is 7.92. The van der Waals surface area contributed by atoms with Gasteiger partial charge in [0.2, 0.25) is 5.88 Å². The number of para-hydroxylation sites is 1. The summed E-state index contributed by atoms with van der Waals surface area (Å²) >= 11 is 3.36. The Morgan fingerprint density at radius 2 is 1.79 bits per heavy atom. The lowest BCUT2D eigenvalue weighted by atomic mass is 9.95. The van der Waals surface area contributed by atoms with Gasteiger partial charge in [-0.05, 0) is 42.3 Å². The smallest absolute Gasteiger partial charge is 0.335 e. The van der Waals surface area contributed by atoms with Crippen LogP contribution in [0.1, 0.15) is 22.9 Å². The van der Waals surface area contributed by atoms with Crippen molar-refractivity contribution < 1.29 is 5.11 Å². The molecule has 0 saturated carbocycles. The van der Waals surface area contributed by atoms with E-state index in [2.05, 4.69) is 31.2 Å². The second-order valence-electron chi connectivity index (χ2n) is 7.01. The maximum absolute atomic E-state index is 12.7. The summed E-state index contributed by atoms with van der Waals surface area (Å²) in [6.45, 7) is 0.649. The Labute approximate surface area is 173 Å². The number of nitrogens with zero attached hydrogens (tertiary/aromatic N) is 1. The number of aromatic amines is 2. The van der Waals surface area contributed by atoms with Crippen LogP contribution >= 0.6 is 15.9 Å². The van der Waals surface area contributed by atoms with Gasteiger partial charge in [0, 0.05) is 27.6 Å². The van der Waals surface area contributed by atoms with Gasteiger partial charge in [0.25, 0.3) is 5.56 Å². The van der Waals surface area contributed by atoms with E-state index in [9.17, 15) is 14.7 Å². The minimum absolute atomic E-state index is 0.111. The first-order valence-corrected chi connectivity index (χ1v) is 10.0. The van der Waals surface area contributed by atoms with Crippen LogP contribution in [0.4, 0.5) is 0 Å². The number of rotatable bonds is 2. The zero-order valence-corrected chi connectivity index (χ0v) is 16.8. The van der Waals surface area contributed by atoms with Crippen LogP contribution in [0.15, 0.2) is 62.6 Å². The average molecular weight is 453 g/mol. The molecule has 2 aromatic carbocycles. The van der Waals surface area contributed by atoms with E-state index in [-0.39, 0.29) is 11.4 Å². The third-order valence-corrected chi connectivity index (χ3v) is 5.88. The van der Waals surface area contributed by atoms with Crippen molar-refractivity contribution in [2.24, 2.45) is 0 Å². The van der Waals surface area contributed by atoms with Gasteiger partial charge in [-0.25, -0.2) is 9.36 Å². The van der Waals surface area contributed by atoms with Gasteiger partial charge < -0.3 is 15.4 Å². The second kappa shape index (κ2) is 6.75. The van der Waals surface area contributed by atoms with Gasteiger partial charge in [0.1, 0.15) is 5.56 Å². The van der Waals surface area contributed by atoms with Crippen LogP contribution in [0.3, 0.4) is 0 Å². The molecule has 1 aliphatic rings. The van der Waals surface area contributed by atoms with Gasteiger partial charge in [-0.15, -0.1) is 0 Å². The summed E-state index contributed by atoms with van der Waals surface area (Å²) in [6, 6.07) is 14.3. The number of hydrogen-bond acceptors (Lipinski definition) is 4. The third kappa shape index (κ3) is 2.83. The van der Waals surface area contributed by atoms with Gasteiger partial charge in [-0.3, -0.25) is 9.78 Å². The fourth-order valence-electron chi connectivity index (χ4n) is 4.06. The quantitative estimate of drug-likeness (QED) is 0.375. The van der Waals surface area contributed by atoms with Crippen LogP contribution in [-0.4, -0.2) is 26.2 Å². The average Bonchev–Trinajstić information content (AvgIpc) is 3.09. The largest absolute Gasteiger partial charge is 0.494 e. The van der Waals surface area contributed by atoms with Crippen LogP contribution in [0, 0.1) is 0 Å². The maximum Gasteiger partial charge on any atom is 0.335 e. The van der Waals surface area contributed by atoms with Crippen LogP contribution in [-0.2, 0) is 6.42 Å². The van der Waals surface area contributed by atoms with Crippen molar-refractivity contribution in [3.05, 3.63) is 90.7 Å². The van der Waals surface area contributed by atoms with Crippen LogP contribution in [0.25, 0.3) is 16.6 Å². The van der Waals surface area contributed by atoms with Gasteiger partial charge in [-0.2, -0.15) is 0 Å². The van der Waals surface area contributed by atoms with E-state index in [1.165, 1.54) is 0 Å². The molecule has 146 valence electrons. The van der Waals surface area contributed by atoms with Crippen molar-refractivity contribution in [3.8, 4) is 11.6 Å². The molecule has 2 aromatic heterocycles. The number of benzene rings is 2. The molecule has 7 nitrogen and oxygen atoms in total. The molecule has 0 spiro atoms. The Morgan fingerprint density at radius 1 is 1.03 bits per heavy atom. The molecule has 0 aliphatic carbocycles. The fourth-order valence-corrected chi connectivity index (χ4v) is 4.32. The van der Waals surface area contributed by atoms with Gasteiger partial charge in [-0.1, -0.05) is 34.1 Å². The Kier molecular flexibility index (Phi) is 4.18. The Bertz CT molecular complexity index is 1350. The van der Waals surface area contributed by atoms with Gasteiger partial charge >= 0.3 is 5.69 Å². The summed E-state index contributed by atoms with van der Waals surface area (Å²) < 4.78 is 1.96. The van der Waals surface area contributed by atoms with Crippen LogP contribution < -0.4 is 16.6 Å². The van der Waals surface area contributed by atoms with Crippen LogP contribution in [0.2, 0.25) is 0 Å². The van der Waals surface area contributed by atoms with Crippen molar-refractivity contribution in [1.82, 2.24) is 19.9 Å². The van der Waals surface area contributed by atoms with Crippen molar-refractivity contribution in [2.75, 3.05) is 6.54 Å². The zero-order valence-electron chi connectivity index (χ0n) is 15.2. The van der Waals surface area contributed by atoms with E-state index < -0.39 is 17.3 Å². The number of hydrogen-bond donors (Lipinski definition) is 4. The summed E-state index contributed by atoms with van der Waals surface area (Å²) in [4.78, 5) is 30.9. The third-order valence-electron chi connectivity index (χ3n) is 5.35. The Hall–Kier alpha value is -3.10. The first-order valence-electron chi connectivity index (χ1n) is 9.21. The monoisotopic (exact) mass is 452 g/mol. The molecule has 0 fully saturated rings. The number of aromatic nitrogens is 3. The van der Waals surface area contributed by atoms with Crippen molar-refractivity contribution in [1.29, 1.82) is 0 Å². The highest BCUT2D eigenvalue weighted by atomic mass is 79.9. The highest BCUT2D eigenvalue weighted by Crippen LogP contribution is 2.35. The van der Waals surface area contributed by atoms with Gasteiger partial charge in [0.05, 0.1) is 11.7 Å². The number of H-pyrrole nitrogens is 2. The Balaban J connectivity index is 1.74. The van der Waals surface area contributed by atoms with E-state index in [0.29, 0.717) is 12.2 Å². The predicted molar refractivity (Wildman–Crippen MR) is 114 cm³/mol. The molecule has 0 bridgehead atoms. The topological polar surface area (TPSA) is 103 Å². The van der Waals surface area contributed by atoms with E-state index in [0.717, 1.165) is 37.6 Å². The van der Waals surface area contributed by atoms with Crippen LogP contribution in [0.5, 0.6) is 5.88 Å². The van der Waals surface area contributed by atoms with Crippen molar-refractivity contribution in [3.63, 3.8) is 0 Å². The van der Waals surface area contributed by atoms with Crippen molar-refractivity contribution >= 4 is 26.8 Å². The summed E-state index contributed by atoms with van der Waals surface area (Å²) in [5, 5.41) is 15.4. The maximum atomic E-state index is 12.7. The number of nitrogens with one attached hydrogen (secondary N) is 3. The van der Waals surface area contributed by atoms with E-state index in [4.69, 9.17) is 0 Å². The summed E-state index contributed by atoms with van der Waals surface area (Å²) in [5.74, 6) is -0.370. The first kappa shape index (κ1) is 18.0. The van der Waals surface area contributed by atoms with Gasteiger partial charge in [0.15, 0.2) is 0 Å². The first-order chi connectivity index (χ1) is 14.0. The van der Waals surface area contributed by atoms with Crippen molar-refractivity contribution in [2.45, 2.75) is 12.5 Å². The minimum Gasteiger partial charge on any atom is -0.494 e. The molecule has 4 aromatic rings. The molecule has 1 aliphatic heterocycles. The summed E-state index contributed by atoms with van der Waals surface area (Å²) in [5.41, 5.74) is 2.20. The molecular weight excluding hydrogens is 436 g/mol. The Morgan fingerprint density at radius 3 is 2.59 bits per heavy atom. The highest BCUT2D eigenvalue weighted by molar-refractivity contribution is 9.10. The lowest BCUT2D eigenvalue weighted by molar-refractivity contribution is 0.410. The SMILES string of the molecule is O=c1[nH]c(=O)n(-c2ccc(Br)cc2)c(O)c1[C@H]1NCCc2c1[nH]c1ccccc21. The van der Waals surface area contributed by atoms with E-state index >= 15 is 0 Å². The molecule has 0 radical (unpaired) electrons. The number of halogens is 1. The molecule has 5 rings (SSSR count). The molecule has 0 amide bonds. The molecule has 0 unspecified atom stereocenters. The molecule has 29 heavy (non-hydrogen) atoms. The number of aromatic hydroxyl groups is 1.